The van der Waals surface area contributed by atoms with E-state index in [4.69, 9.17) is 4.84 Å². The molecule has 2 heterocycles. The number of aromatic nitrogens is 2. The van der Waals surface area contributed by atoms with E-state index in [1.54, 1.807) is 53.9 Å². The van der Waals surface area contributed by atoms with Crippen molar-refractivity contribution in [3.8, 4) is 0 Å². The highest BCUT2D eigenvalue weighted by molar-refractivity contribution is 5.88. The predicted octanol–water partition coefficient (Wildman–Crippen LogP) is 3.81. The van der Waals surface area contributed by atoms with Gasteiger partial charge in [0.15, 0.2) is 0 Å². The molecule has 0 radical (unpaired) electrons. The highest BCUT2D eigenvalue weighted by atomic mass is 19.1. The average molecular weight is 424 g/mol. The molecule has 7 nitrogen and oxygen atoms in total. The van der Waals surface area contributed by atoms with Crippen LogP contribution in [0, 0.1) is 11.6 Å². The molecule has 1 aliphatic rings. The number of hydrogen-bond donors (Lipinski definition) is 2. The van der Waals surface area contributed by atoms with Gasteiger partial charge in [-0.25, -0.2) is 18.7 Å². The van der Waals surface area contributed by atoms with Crippen molar-refractivity contribution < 1.29 is 13.6 Å². The standard InChI is InChI=1S/C22H22F2N6O/c1-3-31-30-21(20(28-29(30)2)16-6-10-18(24)11-7-16)19-12-13-25-22(27-19)26-14-15-4-8-17(23)9-5-15/h4-13,28H,3,14H2,1-2H3,(H,25,26,27). The molecule has 0 unspecified atom stereocenters. The molecule has 2 aromatic carbocycles. The van der Waals surface area contributed by atoms with Gasteiger partial charge in [0, 0.05) is 25.4 Å². The third-order valence-electron chi connectivity index (χ3n) is 4.62. The molecule has 0 spiro atoms. The molecule has 0 atom stereocenters. The van der Waals surface area contributed by atoms with Gasteiger partial charge in [0.05, 0.1) is 18.0 Å². The maximum absolute atomic E-state index is 13.4. The molecule has 0 saturated carbocycles. The van der Waals surface area contributed by atoms with Crippen molar-refractivity contribution in [1.29, 1.82) is 0 Å². The fraction of sp³-hybridized carbons (Fsp3) is 0.182. The van der Waals surface area contributed by atoms with Crippen molar-refractivity contribution in [3.05, 3.63) is 89.2 Å². The summed E-state index contributed by atoms with van der Waals surface area (Å²) in [5.74, 6) is -0.178. The summed E-state index contributed by atoms with van der Waals surface area (Å²) in [7, 11) is 1.81. The molecular formula is C22H22F2N6O. The largest absolute Gasteiger partial charge is 0.350 e. The van der Waals surface area contributed by atoms with Gasteiger partial charge in [-0.2, -0.15) is 5.17 Å². The minimum atomic E-state index is -0.312. The Balaban J connectivity index is 1.66. The first-order chi connectivity index (χ1) is 15.0. The molecular weight excluding hydrogens is 402 g/mol. The van der Waals surface area contributed by atoms with E-state index in [2.05, 4.69) is 20.7 Å². The number of anilines is 1. The Labute approximate surface area is 178 Å². The zero-order valence-electron chi connectivity index (χ0n) is 17.1. The van der Waals surface area contributed by atoms with Crippen molar-refractivity contribution in [2.75, 3.05) is 19.0 Å². The van der Waals surface area contributed by atoms with Crippen LogP contribution in [0.25, 0.3) is 11.4 Å². The number of nitrogens with zero attached hydrogens (tertiary/aromatic N) is 4. The molecule has 9 heteroatoms. The third-order valence-corrected chi connectivity index (χ3v) is 4.62. The molecule has 0 fully saturated rings. The van der Waals surface area contributed by atoms with Crippen LogP contribution in [0.4, 0.5) is 14.7 Å². The van der Waals surface area contributed by atoms with Crippen molar-refractivity contribution in [1.82, 2.24) is 25.7 Å². The lowest BCUT2D eigenvalue weighted by atomic mass is 10.1. The topological polar surface area (TPSA) is 65.5 Å². The molecule has 1 aromatic heterocycles. The second-order valence-electron chi connectivity index (χ2n) is 6.80. The first-order valence-electron chi connectivity index (χ1n) is 9.80. The van der Waals surface area contributed by atoms with Crippen LogP contribution in [-0.2, 0) is 11.4 Å². The average Bonchev–Trinajstić information content (AvgIpc) is 3.10. The van der Waals surface area contributed by atoms with E-state index in [1.165, 1.54) is 24.3 Å². The Morgan fingerprint density at radius 3 is 2.35 bits per heavy atom. The van der Waals surface area contributed by atoms with Crippen molar-refractivity contribution in [3.63, 3.8) is 0 Å². The summed E-state index contributed by atoms with van der Waals surface area (Å²) in [6.07, 6.45) is 1.65. The number of hydrogen-bond acceptors (Lipinski definition) is 7. The number of hydroxylamine groups is 1. The fourth-order valence-corrected chi connectivity index (χ4v) is 3.18. The molecule has 0 aliphatic carbocycles. The van der Waals surface area contributed by atoms with Gasteiger partial charge in [-0.1, -0.05) is 12.1 Å². The smallest absolute Gasteiger partial charge is 0.223 e. The quantitative estimate of drug-likeness (QED) is 0.598. The molecule has 0 bridgehead atoms. The molecule has 4 rings (SSSR count). The Morgan fingerprint density at radius 2 is 1.68 bits per heavy atom. The van der Waals surface area contributed by atoms with Crippen LogP contribution in [-0.4, -0.2) is 33.9 Å². The zero-order valence-corrected chi connectivity index (χ0v) is 17.1. The summed E-state index contributed by atoms with van der Waals surface area (Å²) in [5, 5.41) is 6.44. The SMILES string of the molecule is CCON1C(c2ccnc(NCc3ccc(F)cc3)n2)=C(c2ccc(F)cc2)NN1C. The van der Waals surface area contributed by atoms with Gasteiger partial charge in [-0.3, -0.25) is 10.3 Å². The molecule has 2 N–H and O–H groups in total. The van der Waals surface area contributed by atoms with Gasteiger partial charge in [-0.15, -0.1) is 5.12 Å². The highest BCUT2D eigenvalue weighted by Gasteiger charge is 2.31. The molecule has 31 heavy (non-hydrogen) atoms. The Morgan fingerprint density at radius 1 is 1.00 bits per heavy atom. The Kier molecular flexibility index (Phi) is 6.06. The molecule has 160 valence electrons. The first kappa shape index (κ1) is 20.7. The van der Waals surface area contributed by atoms with Crippen LogP contribution in [0.15, 0.2) is 60.8 Å². The van der Waals surface area contributed by atoms with Crippen LogP contribution >= 0.6 is 0 Å². The van der Waals surface area contributed by atoms with Crippen molar-refractivity contribution in [2.24, 2.45) is 0 Å². The van der Waals surface area contributed by atoms with Crippen LogP contribution in [0.1, 0.15) is 23.7 Å². The van der Waals surface area contributed by atoms with Gasteiger partial charge in [-0.05, 0) is 55.0 Å². The monoisotopic (exact) mass is 424 g/mol. The number of halogens is 2. The van der Waals surface area contributed by atoms with Crippen LogP contribution in [0.3, 0.4) is 0 Å². The number of rotatable bonds is 7. The minimum Gasteiger partial charge on any atom is -0.350 e. The van der Waals surface area contributed by atoms with Gasteiger partial charge in [0.1, 0.15) is 17.3 Å². The maximum Gasteiger partial charge on any atom is 0.223 e. The van der Waals surface area contributed by atoms with Crippen LogP contribution in [0.2, 0.25) is 0 Å². The van der Waals surface area contributed by atoms with E-state index in [9.17, 15) is 8.78 Å². The van der Waals surface area contributed by atoms with E-state index in [0.29, 0.717) is 30.5 Å². The van der Waals surface area contributed by atoms with Crippen molar-refractivity contribution >= 4 is 17.3 Å². The summed E-state index contributed by atoms with van der Waals surface area (Å²) in [4.78, 5) is 14.7. The number of benzene rings is 2. The number of hydrazine groups is 2. The van der Waals surface area contributed by atoms with Crippen LogP contribution in [0.5, 0.6) is 0 Å². The fourth-order valence-electron chi connectivity index (χ4n) is 3.18. The Bertz CT molecular complexity index is 1070. The normalized spacial score (nSPS) is 14.1. The van der Waals surface area contributed by atoms with E-state index >= 15 is 0 Å². The van der Waals surface area contributed by atoms with E-state index < -0.39 is 0 Å². The van der Waals surface area contributed by atoms with Gasteiger partial charge in [0.25, 0.3) is 0 Å². The van der Waals surface area contributed by atoms with E-state index in [1.807, 2.05) is 6.92 Å². The molecule has 0 saturated heterocycles. The van der Waals surface area contributed by atoms with Crippen molar-refractivity contribution in [2.45, 2.75) is 13.5 Å². The van der Waals surface area contributed by atoms with Gasteiger partial charge >= 0.3 is 0 Å². The summed E-state index contributed by atoms with van der Waals surface area (Å²) < 4.78 is 26.5. The summed E-state index contributed by atoms with van der Waals surface area (Å²) in [6, 6.07) is 14.2. The van der Waals surface area contributed by atoms with E-state index in [-0.39, 0.29) is 11.6 Å². The lowest BCUT2D eigenvalue weighted by Crippen LogP contribution is -2.39. The summed E-state index contributed by atoms with van der Waals surface area (Å²) in [6.45, 7) is 2.77. The maximum atomic E-state index is 13.4. The van der Waals surface area contributed by atoms with Crippen LogP contribution < -0.4 is 10.7 Å². The summed E-state index contributed by atoms with van der Waals surface area (Å²) >= 11 is 0. The third kappa shape index (κ3) is 4.62. The second kappa shape index (κ2) is 9.07. The number of nitrogens with one attached hydrogen (secondary N) is 2. The predicted molar refractivity (Wildman–Crippen MR) is 113 cm³/mol. The lowest BCUT2D eigenvalue weighted by Gasteiger charge is -2.25. The van der Waals surface area contributed by atoms with E-state index in [0.717, 1.165) is 16.8 Å². The first-order valence-corrected chi connectivity index (χ1v) is 9.80. The zero-order chi connectivity index (χ0) is 21.8. The minimum absolute atomic E-state index is 0.281. The molecule has 0 amide bonds. The van der Waals surface area contributed by atoms with Gasteiger partial charge in [0.2, 0.25) is 5.95 Å². The summed E-state index contributed by atoms with van der Waals surface area (Å²) in [5.41, 5.74) is 6.92. The molecule has 1 aliphatic heterocycles. The van der Waals surface area contributed by atoms with Gasteiger partial charge < -0.3 is 5.32 Å². The highest BCUT2D eigenvalue weighted by Crippen LogP contribution is 2.33. The Hall–Kier alpha value is -3.56. The second-order valence-corrected chi connectivity index (χ2v) is 6.80. The lowest BCUT2D eigenvalue weighted by molar-refractivity contribution is -0.231. The molecule has 3 aromatic rings.